The Kier molecular flexibility index (Phi) is 6.66. The van der Waals surface area contributed by atoms with Gasteiger partial charge in [0.25, 0.3) is 5.56 Å². The minimum Gasteiger partial charge on any atom is -0.493 e. The summed E-state index contributed by atoms with van der Waals surface area (Å²) < 4.78 is 7.74. The van der Waals surface area contributed by atoms with E-state index in [4.69, 9.17) is 9.84 Å². The van der Waals surface area contributed by atoms with Gasteiger partial charge in [0.15, 0.2) is 0 Å². The molecule has 32 heavy (non-hydrogen) atoms. The summed E-state index contributed by atoms with van der Waals surface area (Å²) in [4.78, 5) is 23.1. The molecule has 0 saturated heterocycles. The summed E-state index contributed by atoms with van der Waals surface area (Å²) in [6, 6.07) is 25.4. The Morgan fingerprint density at radius 2 is 1.62 bits per heavy atom. The number of carbonyl (C=O) groups is 1. The zero-order valence-corrected chi connectivity index (χ0v) is 17.7. The molecule has 3 aromatic carbocycles. The molecule has 0 amide bonds. The van der Waals surface area contributed by atoms with Crippen molar-refractivity contribution in [2.24, 2.45) is 0 Å². The van der Waals surface area contributed by atoms with E-state index >= 15 is 0 Å². The number of carboxylic acids is 1. The zero-order valence-electron chi connectivity index (χ0n) is 17.7. The van der Waals surface area contributed by atoms with Gasteiger partial charge in [-0.05, 0) is 46.0 Å². The number of ether oxygens (including phenoxy) is 1. The van der Waals surface area contributed by atoms with Gasteiger partial charge in [-0.2, -0.15) is 0 Å². The molecule has 5 nitrogen and oxygen atoms in total. The number of rotatable bonds is 9. The molecular weight excluding hydrogens is 402 g/mol. The molecule has 0 spiro atoms. The van der Waals surface area contributed by atoms with Crippen LogP contribution >= 0.6 is 0 Å². The minimum absolute atomic E-state index is 0.0402. The molecule has 0 saturated carbocycles. The van der Waals surface area contributed by atoms with Crippen LogP contribution < -0.4 is 10.3 Å². The molecule has 4 rings (SSSR count). The highest BCUT2D eigenvalue weighted by Crippen LogP contribution is 2.23. The van der Waals surface area contributed by atoms with Crippen LogP contribution in [0.1, 0.15) is 23.1 Å². The van der Waals surface area contributed by atoms with Gasteiger partial charge in [-0.25, -0.2) is 0 Å². The van der Waals surface area contributed by atoms with Crippen molar-refractivity contribution in [1.29, 1.82) is 0 Å². The molecule has 0 bridgehead atoms. The first-order valence-electron chi connectivity index (χ1n) is 10.7. The van der Waals surface area contributed by atoms with Crippen LogP contribution in [0, 0.1) is 0 Å². The fraction of sp³-hybridized carbons (Fsp3) is 0.185. The molecule has 4 aromatic rings. The van der Waals surface area contributed by atoms with E-state index in [1.807, 2.05) is 36.4 Å². The molecule has 0 atom stereocenters. The average molecular weight is 428 g/mol. The zero-order chi connectivity index (χ0) is 22.3. The lowest BCUT2D eigenvalue weighted by molar-refractivity contribution is -0.136. The minimum atomic E-state index is -0.841. The number of aliphatic carboxylic acids is 1. The third kappa shape index (κ3) is 5.43. The van der Waals surface area contributed by atoms with E-state index in [1.54, 1.807) is 16.8 Å². The first-order chi connectivity index (χ1) is 15.6. The summed E-state index contributed by atoms with van der Waals surface area (Å²) in [6.45, 7) is 0.910. The maximum Gasteiger partial charge on any atom is 0.303 e. The van der Waals surface area contributed by atoms with Crippen LogP contribution in [0.3, 0.4) is 0 Å². The van der Waals surface area contributed by atoms with Crippen LogP contribution in [-0.2, 0) is 24.2 Å². The molecule has 1 N–H and O–H groups in total. The largest absolute Gasteiger partial charge is 0.493 e. The van der Waals surface area contributed by atoms with Crippen LogP contribution in [0.2, 0.25) is 0 Å². The van der Waals surface area contributed by atoms with E-state index in [2.05, 4.69) is 30.3 Å². The van der Waals surface area contributed by atoms with Gasteiger partial charge in [0.1, 0.15) is 5.75 Å². The van der Waals surface area contributed by atoms with Crippen molar-refractivity contribution < 1.29 is 14.6 Å². The van der Waals surface area contributed by atoms with E-state index < -0.39 is 5.97 Å². The molecule has 0 fully saturated rings. The standard InChI is InChI=1S/C27H25NO4/c29-26-7-3-4-15-28(26)19-21-9-11-23(12-13-27(30)31)25(18-21)32-16-14-20-8-10-22-5-1-2-6-24(22)17-20/h1-11,15,17-18H,12-14,16,19H2,(H,30,31). The predicted octanol–water partition coefficient (Wildman–Crippen LogP) is 4.69. The van der Waals surface area contributed by atoms with Crippen molar-refractivity contribution in [1.82, 2.24) is 4.57 Å². The number of hydrogen-bond acceptors (Lipinski definition) is 3. The topological polar surface area (TPSA) is 68.5 Å². The van der Waals surface area contributed by atoms with E-state index in [9.17, 15) is 9.59 Å². The Hall–Kier alpha value is -3.86. The number of aryl methyl sites for hydroxylation is 1. The molecule has 162 valence electrons. The maximum atomic E-state index is 12.0. The average Bonchev–Trinajstić information content (AvgIpc) is 2.80. The van der Waals surface area contributed by atoms with Crippen molar-refractivity contribution in [3.8, 4) is 5.75 Å². The predicted molar refractivity (Wildman–Crippen MR) is 125 cm³/mol. The van der Waals surface area contributed by atoms with Crippen LogP contribution in [0.5, 0.6) is 5.75 Å². The molecule has 0 aliphatic heterocycles. The summed E-state index contributed by atoms with van der Waals surface area (Å²) >= 11 is 0. The fourth-order valence-corrected chi connectivity index (χ4v) is 3.74. The number of carboxylic acid groups (broad SMARTS) is 1. The number of nitrogens with zero attached hydrogens (tertiary/aromatic N) is 1. The SMILES string of the molecule is O=C(O)CCc1ccc(Cn2ccccc2=O)cc1OCCc1ccc2ccccc2c1. The number of aromatic nitrogens is 1. The monoisotopic (exact) mass is 427 g/mol. The molecule has 0 aliphatic carbocycles. The Morgan fingerprint density at radius 3 is 2.44 bits per heavy atom. The molecule has 0 radical (unpaired) electrons. The van der Waals surface area contributed by atoms with E-state index in [0.717, 1.165) is 17.5 Å². The Bertz CT molecular complexity index is 1290. The van der Waals surface area contributed by atoms with Gasteiger partial charge >= 0.3 is 5.97 Å². The van der Waals surface area contributed by atoms with Gasteiger partial charge in [-0.1, -0.05) is 60.7 Å². The summed E-state index contributed by atoms with van der Waals surface area (Å²) in [7, 11) is 0. The number of hydrogen-bond donors (Lipinski definition) is 1. The van der Waals surface area contributed by atoms with E-state index in [0.29, 0.717) is 25.3 Å². The highest BCUT2D eigenvalue weighted by atomic mass is 16.5. The molecule has 0 unspecified atom stereocenters. The molecule has 1 aromatic heterocycles. The van der Waals surface area contributed by atoms with Gasteiger partial charge in [0, 0.05) is 25.1 Å². The van der Waals surface area contributed by atoms with Crippen molar-refractivity contribution >= 4 is 16.7 Å². The Labute approximate surface area is 186 Å². The lowest BCUT2D eigenvalue weighted by Gasteiger charge is -2.14. The smallest absolute Gasteiger partial charge is 0.303 e. The van der Waals surface area contributed by atoms with Gasteiger partial charge in [0.05, 0.1) is 13.2 Å². The highest BCUT2D eigenvalue weighted by molar-refractivity contribution is 5.83. The number of fused-ring (bicyclic) bond motifs is 1. The molecule has 1 heterocycles. The summed E-state index contributed by atoms with van der Waals surface area (Å²) in [5, 5.41) is 11.5. The maximum absolute atomic E-state index is 12.0. The first kappa shape index (κ1) is 21.4. The highest BCUT2D eigenvalue weighted by Gasteiger charge is 2.09. The van der Waals surface area contributed by atoms with Crippen LogP contribution in [0.25, 0.3) is 10.8 Å². The van der Waals surface area contributed by atoms with Gasteiger partial charge < -0.3 is 14.4 Å². The van der Waals surface area contributed by atoms with E-state index in [1.165, 1.54) is 22.4 Å². The number of benzene rings is 3. The third-order valence-electron chi connectivity index (χ3n) is 5.45. The van der Waals surface area contributed by atoms with Crippen molar-refractivity contribution in [3.63, 3.8) is 0 Å². The van der Waals surface area contributed by atoms with Gasteiger partial charge in [0.2, 0.25) is 0 Å². The molecule has 0 aliphatic rings. The normalized spacial score (nSPS) is 10.9. The lowest BCUT2D eigenvalue weighted by atomic mass is 10.0. The first-order valence-corrected chi connectivity index (χ1v) is 10.7. The summed E-state index contributed by atoms with van der Waals surface area (Å²) in [6.07, 6.45) is 2.93. The van der Waals surface area contributed by atoms with Crippen molar-refractivity contribution in [2.75, 3.05) is 6.61 Å². The Balaban J connectivity index is 1.50. The molecular formula is C27H25NO4. The summed E-state index contributed by atoms with van der Waals surface area (Å²) in [5.74, 6) is -0.166. The second kappa shape index (κ2) is 9.96. The third-order valence-corrected chi connectivity index (χ3v) is 5.45. The van der Waals surface area contributed by atoms with Crippen LogP contribution in [-0.4, -0.2) is 22.2 Å². The van der Waals surface area contributed by atoms with E-state index in [-0.39, 0.29) is 12.0 Å². The van der Waals surface area contributed by atoms with Crippen molar-refractivity contribution in [2.45, 2.75) is 25.8 Å². The molecule has 5 heteroatoms. The van der Waals surface area contributed by atoms with Gasteiger partial charge in [-0.3, -0.25) is 9.59 Å². The fourth-order valence-electron chi connectivity index (χ4n) is 3.74. The quantitative estimate of drug-likeness (QED) is 0.421. The van der Waals surface area contributed by atoms with Crippen molar-refractivity contribution in [3.05, 3.63) is 112 Å². The van der Waals surface area contributed by atoms with Crippen LogP contribution in [0.15, 0.2) is 89.9 Å². The number of pyridine rings is 1. The van der Waals surface area contributed by atoms with Crippen LogP contribution in [0.4, 0.5) is 0 Å². The van der Waals surface area contributed by atoms with Gasteiger partial charge in [-0.15, -0.1) is 0 Å². The summed E-state index contributed by atoms with van der Waals surface area (Å²) in [5.41, 5.74) is 2.90. The lowest BCUT2D eigenvalue weighted by Crippen LogP contribution is -2.18. The second-order valence-corrected chi connectivity index (χ2v) is 7.78. The second-order valence-electron chi connectivity index (χ2n) is 7.78. The Morgan fingerprint density at radius 1 is 0.844 bits per heavy atom.